The highest BCUT2D eigenvalue weighted by Gasteiger charge is 2.16. The van der Waals surface area contributed by atoms with Crippen LogP contribution in [0.5, 0.6) is 0 Å². The summed E-state index contributed by atoms with van der Waals surface area (Å²) in [7, 11) is 1.68. The van der Waals surface area contributed by atoms with E-state index in [1.165, 1.54) is 5.56 Å². The van der Waals surface area contributed by atoms with Gasteiger partial charge in [0.05, 0.1) is 0 Å². The van der Waals surface area contributed by atoms with Crippen LogP contribution in [0, 0.1) is 6.92 Å². The lowest BCUT2D eigenvalue weighted by Gasteiger charge is -2.20. The quantitative estimate of drug-likeness (QED) is 0.750. The summed E-state index contributed by atoms with van der Waals surface area (Å²) in [6.45, 7) is 8.35. The molecule has 0 aliphatic carbocycles. The molecule has 0 saturated heterocycles. The minimum absolute atomic E-state index is 0.0579. The Balaban J connectivity index is 3.14. The predicted octanol–water partition coefficient (Wildman–Crippen LogP) is 2.16. The Bertz CT molecular complexity index is 391. The van der Waals surface area contributed by atoms with E-state index in [9.17, 15) is 4.79 Å². The van der Waals surface area contributed by atoms with E-state index in [1.807, 2.05) is 19.1 Å². The smallest absolute Gasteiger partial charge is 0.265 e. The van der Waals surface area contributed by atoms with Crippen molar-refractivity contribution in [3.63, 3.8) is 0 Å². The van der Waals surface area contributed by atoms with E-state index < -0.39 is 0 Å². The summed E-state index contributed by atoms with van der Waals surface area (Å²) in [6, 6.07) is 6.03. The summed E-state index contributed by atoms with van der Waals surface area (Å²) < 4.78 is 0. The number of carbonyl (C=O) groups is 1. The van der Waals surface area contributed by atoms with Crippen molar-refractivity contribution in [2.24, 2.45) is 0 Å². The average Bonchev–Trinajstić information content (AvgIpc) is 2.16. The monoisotopic (exact) mass is 220 g/mol. The molecule has 0 unspecified atom stereocenters. The second-order valence-electron chi connectivity index (χ2n) is 4.98. The number of hydrazine groups is 1. The number of rotatable bonds is 2. The highest BCUT2D eigenvalue weighted by molar-refractivity contribution is 5.95. The summed E-state index contributed by atoms with van der Waals surface area (Å²) in [5.41, 5.74) is 8.18. The van der Waals surface area contributed by atoms with E-state index >= 15 is 0 Å². The van der Waals surface area contributed by atoms with E-state index in [0.717, 1.165) is 11.1 Å². The molecule has 16 heavy (non-hydrogen) atoms. The standard InChI is InChI=1S/C13H20N2O/c1-9-6-7-10(13(2,3)4)8-11(9)12(16)15-14-5/h6-8,14H,1-5H3,(H,15,16). The van der Waals surface area contributed by atoms with Crippen molar-refractivity contribution >= 4 is 5.91 Å². The van der Waals surface area contributed by atoms with Gasteiger partial charge in [0.1, 0.15) is 0 Å². The van der Waals surface area contributed by atoms with Crippen molar-refractivity contribution in [3.05, 3.63) is 34.9 Å². The lowest BCUT2D eigenvalue weighted by molar-refractivity contribution is 0.0937. The molecule has 2 N–H and O–H groups in total. The van der Waals surface area contributed by atoms with Gasteiger partial charge in [-0.15, -0.1) is 0 Å². The van der Waals surface area contributed by atoms with Gasteiger partial charge >= 0.3 is 0 Å². The second kappa shape index (κ2) is 4.66. The second-order valence-corrected chi connectivity index (χ2v) is 4.98. The van der Waals surface area contributed by atoms with Gasteiger partial charge in [0.15, 0.2) is 0 Å². The lowest BCUT2D eigenvalue weighted by Crippen LogP contribution is -2.34. The fraction of sp³-hybridized carbons (Fsp3) is 0.462. The maximum Gasteiger partial charge on any atom is 0.265 e. The van der Waals surface area contributed by atoms with Gasteiger partial charge in [-0.2, -0.15) is 0 Å². The molecule has 3 heteroatoms. The van der Waals surface area contributed by atoms with Crippen LogP contribution in [0.25, 0.3) is 0 Å². The molecule has 0 saturated carbocycles. The van der Waals surface area contributed by atoms with Crippen LogP contribution in [0.4, 0.5) is 0 Å². The van der Waals surface area contributed by atoms with Gasteiger partial charge in [0.2, 0.25) is 0 Å². The molecule has 1 aromatic carbocycles. The van der Waals surface area contributed by atoms with Gasteiger partial charge < -0.3 is 0 Å². The Labute approximate surface area is 97.2 Å². The minimum atomic E-state index is -0.0916. The molecule has 0 fully saturated rings. The molecule has 0 heterocycles. The van der Waals surface area contributed by atoms with Gasteiger partial charge in [0.25, 0.3) is 5.91 Å². The number of amides is 1. The van der Waals surface area contributed by atoms with Gasteiger partial charge in [-0.05, 0) is 29.5 Å². The Morgan fingerprint density at radius 3 is 2.38 bits per heavy atom. The van der Waals surface area contributed by atoms with E-state index in [2.05, 4.69) is 37.7 Å². The van der Waals surface area contributed by atoms with Crippen LogP contribution in [-0.4, -0.2) is 13.0 Å². The van der Waals surface area contributed by atoms with Crippen molar-refractivity contribution in [2.45, 2.75) is 33.1 Å². The summed E-state index contributed by atoms with van der Waals surface area (Å²) in [4.78, 5) is 11.8. The molecule has 1 aromatic rings. The molecule has 0 radical (unpaired) electrons. The summed E-state index contributed by atoms with van der Waals surface area (Å²) in [6.07, 6.45) is 0. The van der Waals surface area contributed by atoms with E-state index in [-0.39, 0.29) is 11.3 Å². The number of hydrogen-bond donors (Lipinski definition) is 2. The molecule has 0 atom stereocenters. The Kier molecular flexibility index (Phi) is 3.70. The molecule has 0 spiro atoms. The normalized spacial score (nSPS) is 11.3. The Morgan fingerprint density at radius 1 is 1.25 bits per heavy atom. The van der Waals surface area contributed by atoms with Crippen LogP contribution >= 0.6 is 0 Å². The van der Waals surface area contributed by atoms with Crippen LogP contribution in [0.1, 0.15) is 42.3 Å². The first kappa shape index (κ1) is 12.7. The summed E-state index contributed by atoms with van der Waals surface area (Å²) in [5, 5.41) is 0. The first-order valence-corrected chi connectivity index (χ1v) is 5.44. The number of hydrogen-bond acceptors (Lipinski definition) is 2. The molecule has 3 nitrogen and oxygen atoms in total. The van der Waals surface area contributed by atoms with Crippen LogP contribution in [0.15, 0.2) is 18.2 Å². The lowest BCUT2D eigenvalue weighted by atomic mass is 9.85. The molecule has 0 aromatic heterocycles. The third-order valence-corrected chi connectivity index (χ3v) is 2.59. The zero-order valence-corrected chi connectivity index (χ0v) is 10.6. The third kappa shape index (κ3) is 2.83. The summed E-state index contributed by atoms with van der Waals surface area (Å²) >= 11 is 0. The number of benzene rings is 1. The van der Waals surface area contributed by atoms with Crippen molar-refractivity contribution < 1.29 is 4.79 Å². The number of carbonyl (C=O) groups excluding carboxylic acids is 1. The van der Waals surface area contributed by atoms with Crippen molar-refractivity contribution in [2.75, 3.05) is 7.05 Å². The zero-order valence-electron chi connectivity index (χ0n) is 10.6. The largest absolute Gasteiger partial charge is 0.288 e. The molecule has 88 valence electrons. The maximum absolute atomic E-state index is 11.8. The fourth-order valence-corrected chi connectivity index (χ4v) is 1.51. The Morgan fingerprint density at radius 2 is 1.88 bits per heavy atom. The van der Waals surface area contributed by atoms with Gasteiger partial charge in [-0.1, -0.05) is 32.9 Å². The predicted molar refractivity (Wildman–Crippen MR) is 66.4 cm³/mol. The maximum atomic E-state index is 11.8. The van der Waals surface area contributed by atoms with Crippen molar-refractivity contribution in [3.8, 4) is 0 Å². The molecule has 0 aliphatic rings. The Hall–Kier alpha value is -1.35. The fourth-order valence-electron chi connectivity index (χ4n) is 1.51. The van der Waals surface area contributed by atoms with Crippen LogP contribution < -0.4 is 10.9 Å². The third-order valence-electron chi connectivity index (χ3n) is 2.59. The topological polar surface area (TPSA) is 41.1 Å². The first-order valence-electron chi connectivity index (χ1n) is 5.44. The van der Waals surface area contributed by atoms with E-state index in [0.29, 0.717) is 0 Å². The molecule has 1 rings (SSSR count). The van der Waals surface area contributed by atoms with E-state index in [1.54, 1.807) is 7.05 Å². The molecule has 0 aliphatic heterocycles. The SMILES string of the molecule is CNNC(=O)c1cc(C(C)(C)C)ccc1C. The highest BCUT2D eigenvalue weighted by atomic mass is 16.2. The van der Waals surface area contributed by atoms with Crippen LogP contribution in [0.2, 0.25) is 0 Å². The molecular weight excluding hydrogens is 200 g/mol. The van der Waals surface area contributed by atoms with Crippen molar-refractivity contribution in [1.29, 1.82) is 0 Å². The van der Waals surface area contributed by atoms with Gasteiger partial charge in [0, 0.05) is 12.6 Å². The minimum Gasteiger partial charge on any atom is -0.288 e. The van der Waals surface area contributed by atoms with Crippen LogP contribution in [-0.2, 0) is 5.41 Å². The highest BCUT2D eigenvalue weighted by Crippen LogP contribution is 2.24. The van der Waals surface area contributed by atoms with E-state index in [4.69, 9.17) is 0 Å². The molecular formula is C13H20N2O. The molecule has 0 bridgehead atoms. The number of nitrogens with one attached hydrogen (secondary N) is 2. The zero-order chi connectivity index (χ0) is 12.3. The van der Waals surface area contributed by atoms with Gasteiger partial charge in [-0.3, -0.25) is 10.2 Å². The van der Waals surface area contributed by atoms with Crippen molar-refractivity contribution in [1.82, 2.24) is 10.9 Å². The van der Waals surface area contributed by atoms with Crippen LogP contribution in [0.3, 0.4) is 0 Å². The average molecular weight is 220 g/mol. The van der Waals surface area contributed by atoms with Gasteiger partial charge in [-0.25, -0.2) is 5.43 Å². The summed E-state index contributed by atoms with van der Waals surface area (Å²) in [5.74, 6) is -0.0916. The number of aryl methyl sites for hydroxylation is 1. The molecule has 1 amide bonds. The first-order chi connectivity index (χ1) is 7.36.